The number of imidazole rings is 1. The highest BCUT2D eigenvalue weighted by Gasteiger charge is 2.22. The Hall–Kier alpha value is -3.34. The molecule has 0 atom stereocenters. The highest BCUT2D eigenvalue weighted by molar-refractivity contribution is 7.90. The molecule has 0 aliphatic heterocycles. The smallest absolute Gasteiger partial charge is 0.374 e. The molecule has 0 radical (unpaired) electrons. The summed E-state index contributed by atoms with van der Waals surface area (Å²) in [7, 11) is -3.23. The third-order valence-corrected chi connectivity index (χ3v) is 4.96. The van der Waals surface area contributed by atoms with E-state index in [4.69, 9.17) is 4.42 Å². The summed E-state index contributed by atoms with van der Waals surface area (Å²) in [4.78, 5) is 36.7. The van der Waals surface area contributed by atoms with E-state index >= 15 is 0 Å². The molecule has 0 aliphatic rings. The Balaban J connectivity index is 2.21. The summed E-state index contributed by atoms with van der Waals surface area (Å²) in [5.41, 5.74) is -1.76. The van der Waals surface area contributed by atoms with Gasteiger partial charge in [0.25, 0.3) is 10.0 Å². The van der Waals surface area contributed by atoms with Crippen LogP contribution in [0.2, 0.25) is 0 Å². The number of nitrogens with one attached hydrogen (secondary N) is 1. The lowest BCUT2D eigenvalue weighted by Crippen LogP contribution is -2.24. The second kappa shape index (κ2) is 5.63. The van der Waals surface area contributed by atoms with Crippen molar-refractivity contribution in [3.8, 4) is 5.88 Å². The molecule has 0 saturated heterocycles. The largest absolute Gasteiger partial charge is 0.493 e. The van der Waals surface area contributed by atoms with Crippen molar-refractivity contribution in [1.29, 1.82) is 0 Å². The maximum atomic E-state index is 12.5. The van der Waals surface area contributed by atoms with Crippen molar-refractivity contribution in [3.05, 3.63) is 56.9 Å². The van der Waals surface area contributed by atoms with Crippen molar-refractivity contribution in [1.82, 2.24) is 8.96 Å². The fraction of sp³-hybridized carbons (Fsp3) is 0.0714. The van der Waals surface area contributed by atoms with Crippen LogP contribution in [-0.4, -0.2) is 35.6 Å². The van der Waals surface area contributed by atoms with Crippen LogP contribution in [0.3, 0.4) is 0 Å². The van der Waals surface area contributed by atoms with Crippen LogP contribution in [0, 0.1) is 0 Å². The normalized spacial score (nSPS) is 11.6. The van der Waals surface area contributed by atoms with Crippen molar-refractivity contribution in [2.75, 3.05) is 7.11 Å². The van der Waals surface area contributed by atoms with E-state index in [0.717, 1.165) is 25.3 Å². The maximum Gasteiger partial charge on any atom is 0.374 e. The van der Waals surface area contributed by atoms with Crippen LogP contribution in [0.1, 0.15) is 10.6 Å². The number of H-pyrrole nitrogens is 1. The second-order valence-electron chi connectivity index (χ2n) is 4.87. The summed E-state index contributed by atoms with van der Waals surface area (Å²) in [5.74, 6) is -1.82. The molecule has 10 nitrogen and oxygen atoms in total. The summed E-state index contributed by atoms with van der Waals surface area (Å²) in [6, 6.07) is 4.15. The van der Waals surface area contributed by atoms with E-state index in [9.17, 15) is 27.9 Å². The zero-order valence-electron chi connectivity index (χ0n) is 12.5. The molecule has 0 bridgehead atoms. The van der Waals surface area contributed by atoms with E-state index in [1.54, 1.807) is 0 Å². The van der Waals surface area contributed by atoms with Gasteiger partial charge in [0.15, 0.2) is 5.43 Å². The molecule has 3 rings (SSSR count). The van der Waals surface area contributed by atoms with Crippen LogP contribution >= 0.6 is 0 Å². The monoisotopic (exact) mass is 366 g/mol. The number of ether oxygens (including phenoxy) is 1. The number of hydrogen-bond acceptors (Lipinski definition) is 8. The number of nitrogens with zero attached hydrogens (tertiary/aromatic N) is 1. The first-order valence-corrected chi connectivity index (χ1v) is 8.10. The van der Waals surface area contributed by atoms with Gasteiger partial charge in [-0.2, -0.15) is 3.97 Å². The van der Waals surface area contributed by atoms with Gasteiger partial charge in [-0.3, -0.25) is 9.78 Å². The first-order valence-electron chi connectivity index (χ1n) is 6.66. The molecular weight excluding hydrogens is 356 g/mol. The number of benzene rings is 1. The van der Waals surface area contributed by atoms with Crippen LogP contribution in [-0.2, 0) is 14.8 Å². The summed E-state index contributed by atoms with van der Waals surface area (Å²) >= 11 is 0. The minimum Gasteiger partial charge on any atom is -0.493 e. The van der Waals surface area contributed by atoms with Gasteiger partial charge < -0.3 is 14.3 Å². The Morgan fingerprint density at radius 1 is 1.28 bits per heavy atom. The molecule has 0 unspecified atom stereocenters. The van der Waals surface area contributed by atoms with Gasteiger partial charge in [0.05, 0.1) is 23.6 Å². The second-order valence-corrected chi connectivity index (χ2v) is 6.68. The van der Waals surface area contributed by atoms with Gasteiger partial charge in [0.1, 0.15) is 5.58 Å². The van der Waals surface area contributed by atoms with Gasteiger partial charge in [-0.15, -0.1) is 0 Å². The summed E-state index contributed by atoms with van der Waals surface area (Å²) < 4.78 is 34.9. The van der Waals surface area contributed by atoms with E-state index < -0.39 is 33.0 Å². The van der Waals surface area contributed by atoms with Gasteiger partial charge in [-0.1, -0.05) is 0 Å². The first kappa shape index (κ1) is 16.5. The van der Waals surface area contributed by atoms with Crippen LogP contribution in [0.15, 0.2) is 49.4 Å². The van der Waals surface area contributed by atoms with Gasteiger partial charge in [0, 0.05) is 6.07 Å². The van der Waals surface area contributed by atoms with Crippen molar-refractivity contribution in [2.45, 2.75) is 4.90 Å². The van der Waals surface area contributed by atoms with Crippen molar-refractivity contribution < 1.29 is 27.5 Å². The van der Waals surface area contributed by atoms with E-state index in [0.29, 0.717) is 10.2 Å². The van der Waals surface area contributed by atoms with E-state index in [2.05, 4.69) is 4.74 Å². The maximum absolute atomic E-state index is 12.5. The Bertz CT molecular complexity index is 1220. The number of rotatable bonds is 3. The summed E-state index contributed by atoms with van der Waals surface area (Å²) in [5, 5.41) is 9.11. The predicted octanol–water partition coefficient (Wildman–Crippen LogP) is 0.0120. The molecule has 2 N–H and O–H groups in total. The predicted molar refractivity (Wildman–Crippen MR) is 83.1 cm³/mol. The number of aromatic amines is 1. The van der Waals surface area contributed by atoms with Crippen LogP contribution < -0.4 is 11.1 Å². The first-order chi connectivity index (χ1) is 11.7. The molecule has 130 valence electrons. The molecule has 0 fully saturated rings. The van der Waals surface area contributed by atoms with Gasteiger partial charge in [0.2, 0.25) is 11.6 Å². The molecule has 0 saturated carbocycles. The fourth-order valence-electron chi connectivity index (χ4n) is 2.16. The molecule has 25 heavy (non-hydrogen) atoms. The standard InChI is InChI=1S/C14H10N2O8S/c1-23-13(19)11-5-9(17)8-4-7(2-3-10(8)24-11)25(21,22)16-6-12(18)15-14(16)20/h2-6,18H,1H3,(H,15,20). The molecule has 0 aliphatic carbocycles. The molecule has 0 amide bonds. The number of aromatic nitrogens is 2. The number of esters is 1. The number of hydrogen-bond donors (Lipinski definition) is 2. The van der Waals surface area contributed by atoms with Crippen molar-refractivity contribution >= 4 is 27.0 Å². The molecule has 3 aromatic rings. The zero-order valence-corrected chi connectivity index (χ0v) is 13.4. The van der Waals surface area contributed by atoms with Gasteiger partial charge in [-0.25, -0.2) is 18.0 Å². The number of carbonyl (C=O) groups excluding carboxylic acids is 1. The number of aromatic hydroxyl groups is 1. The number of methoxy groups -OCH3 is 1. The van der Waals surface area contributed by atoms with Crippen molar-refractivity contribution in [3.63, 3.8) is 0 Å². The van der Waals surface area contributed by atoms with Crippen molar-refractivity contribution in [2.24, 2.45) is 0 Å². The highest BCUT2D eigenvalue weighted by Crippen LogP contribution is 2.20. The number of carbonyl (C=O) groups is 1. The van der Waals surface area contributed by atoms with Crippen LogP contribution in [0.25, 0.3) is 11.0 Å². The average Bonchev–Trinajstić information content (AvgIpc) is 2.92. The number of fused-ring (bicyclic) bond motifs is 1. The Morgan fingerprint density at radius 3 is 2.60 bits per heavy atom. The Morgan fingerprint density at radius 2 is 2.00 bits per heavy atom. The lowest BCUT2D eigenvalue weighted by molar-refractivity contribution is 0.0565. The summed E-state index contributed by atoms with van der Waals surface area (Å²) in [6.45, 7) is 0. The van der Waals surface area contributed by atoms with E-state index in [1.165, 1.54) is 6.07 Å². The Labute approximate surface area is 138 Å². The topological polar surface area (TPSA) is 149 Å². The zero-order chi connectivity index (χ0) is 18.4. The third kappa shape index (κ3) is 2.70. The third-order valence-electron chi connectivity index (χ3n) is 3.32. The van der Waals surface area contributed by atoms with Crippen LogP contribution in [0.5, 0.6) is 5.88 Å². The molecule has 11 heteroatoms. The minimum absolute atomic E-state index is 0.0314. The quantitative estimate of drug-likeness (QED) is 0.616. The SMILES string of the molecule is COC(=O)c1cc(=O)c2cc(S(=O)(=O)n3cc(O)[nH]c3=O)ccc2o1. The van der Waals surface area contributed by atoms with E-state index in [-0.39, 0.29) is 21.6 Å². The molecule has 1 aromatic carbocycles. The molecular formula is C14H10N2O8S. The highest BCUT2D eigenvalue weighted by atomic mass is 32.2. The van der Waals surface area contributed by atoms with Gasteiger partial charge in [-0.05, 0) is 18.2 Å². The fourth-order valence-corrected chi connectivity index (χ4v) is 3.39. The molecule has 0 spiro atoms. The Kier molecular flexibility index (Phi) is 3.72. The lowest BCUT2D eigenvalue weighted by Gasteiger charge is -2.06. The minimum atomic E-state index is -4.35. The summed E-state index contributed by atoms with van der Waals surface area (Å²) in [6.07, 6.45) is 0.699. The van der Waals surface area contributed by atoms with E-state index in [1.807, 2.05) is 4.98 Å². The van der Waals surface area contributed by atoms with Crippen LogP contribution in [0.4, 0.5) is 0 Å². The molecule has 2 heterocycles. The lowest BCUT2D eigenvalue weighted by atomic mass is 10.2. The molecule has 2 aromatic heterocycles. The van der Waals surface area contributed by atoms with Gasteiger partial charge >= 0.3 is 11.7 Å². The average molecular weight is 366 g/mol.